The number of nitrogens with zero attached hydrogens (tertiary/aromatic N) is 1. The van der Waals surface area contributed by atoms with Crippen LogP contribution in [-0.2, 0) is 0 Å². The van der Waals surface area contributed by atoms with Crippen molar-refractivity contribution in [2.75, 3.05) is 31.1 Å². The molecule has 1 heterocycles. The van der Waals surface area contributed by atoms with Gasteiger partial charge in [0.2, 0.25) is 0 Å². The molecule has 0 aromatic rings. The smallest absolute Gasteiger partial charge is 0.0216 e. The maximum Gasteiger partial charge on any atom is 0.0216 e. The summed E-state index contributed by atoms with van der Waals surface area (Å²) < 4.78 is 0. The fourth-order valence-corrected chi connectivity index (χ4v) is 2.61. The normalized spacial score (nSPS) is 23.5. The van der Waals surface area contributed by atoms with E-state index in [1.807, 2.05) is 0 Å². The largest absolute Gasteiger partial charge is 0.329 e. The number of hydrogen-bond donors (Lipinski definition) is 1. The third kappa shape index (κ3) is 2.96. The minimum absolute atomic E-state index is 0.628. The molecular weight excluding hydrogens is 168 g/mol. The molecule has 0 aliphatic carbocycles. The van der Waals surface area contributed by atoms with E-state index in [0.29, 0.717) is 6.04 Å². The molecule has 1 unspecified atom stereocenters. The molecule has 12 heavy (non-hydrogen) atoms. The molecular formula is C9H20N2S. The van der Waals surface area contributed by atoms with Gasteiger partial charge in [0.05, 0.1) is 0 Å². The fraction of sp³-hybridized carbons (Fsp3) is 1.00. The van der Waals surface area contributed by atoms with Crippen LogP contribution in [0.1, 0.15) is 19.8 Å². The van der Waals surface area contributed by atoms with Gasteiger partial charge in [-0.15, -0.1) is 0 Å². The average molecular weight is 188 g/mol. The van der Waals surface area contributed by atoms with Crippen LogP contribution >= 0.6 is 11.8 Å². The summed E-state index contributed by atoms with van der Waals surface area (Å²) in [5.41, 5.74) is 5.72. The van der Waals surface area contributed by atoms with E-state index in [0.717, 1.165) is 6.54 Å². The van der Waals surface area contributed by atoms with Gasteiger partial charge in [-0.3, -0.25) is 4.90 Å². The Kier molecular flexibility index (Phi) is 5.04. The van der Waals surface area contributed by atoms with E-state index in [1.165, 1.54) is 37.4 Å². The van der Waals surface area contributed by atoms with Gasteiger partial charge in [-0.2, -0.15) is 11.8 Å². The van der Waals surface area contributed by atoms with Gasteiger partial charge in [-0.25, -0.2) is 0 Å². The van der Waals surface area contributed by atoms with Crippen molar-refractivity contribution in [3.05, 3.63) is 0 Å². The van der Waals surface area contributed by atoms with Crippen LogP contribution in [-0.4, -0.2) is 42.1 Å². The van der Waals surface area contributed by atoms with E-state index in [4.69, 9.17) is 5.73 Å². The maximum atomic E-state index is 5.72. The number of nitrogens with two attached hydrogens (primary N) is 1. The Labute approximate surface area is 79.9 Å². The van der Waals surface area contributed by atoms with E-state index in [-0.39, 0.29) is 0 Å². The second kappa shape index (κ2) is 5.84. The molecule has 1 saturated heterocycles. The first-order valence-corrected chi connectivity index (χ1v) is 6.05. The lowest BCUT2D eigenvalue weighted by molar-refractivity contribution is 0.210. The Bertz CT molecular complexity index is 107. The Morgan fingerprint density at radius 1 is 1.42 bits per heavy atom. The molecule has 0 saturated carbocycles. The monoisotopic (exact) mass is 188 g/mol. The highest BCUT2D eigenvalue weighted by Crippen LogP contribution is 2.13. The van der Waals surface area contributed by atoms with Gasteiger partial charge in [0.1, 0.15) is 0 Å². The summed E-state index contributed by atoms with van der Waals surface area (Å²) in [5, 5.41) is 0. The van der Waals surface area contributed by atoms with Crippen LogP contribution in [0.3, 0.4) is 0 Å². The van der Waals surface area contributed by atoms with Crippen molar-refractivity contribution < 1.29 is 0 Å². The molecule has 2 nitrogen and oxygen atoms in total. The maximum absolute atomic E-state index is 5.72. The summed E-state index contributed by atoms with van der Waals surface area (Å²) in [6, 6.07) is 0.628. The zero-order chi connectivity index (χ0) is 8.81. The molecule has 0 spiro atoms. The molecule has 0 aromatic heterocycles. The van der Waals surface area contributed by atoms with E-state index in [9.17, 15) is 0 Å². The Morgan fingerprint density at radius 2 is 2.25 bits per heavy atom. The lowest BCUT2D eigenvalue weighted by Gasteiger charge is -2.28. The van der Waals surface area contributed by atoms with Crippen molar-refractivity contribution >= 4 is 11.8 Å². The minimum Gasteiger partial charge on any atom is -0.329 e. The Hall–Kier alpha value is 0.270. The molecule has 1 atom stereocenters. The van der Waals surface area contributed by atoms with Crippen LogP contribution in [0.5, 0.6) is 0 Å². The van der Waals surface area contributed by atoms with E-state index >= 15 is 0 Å². The van der Waals surface area contributed by atoms with Crippen LogP contribution in [0.4, 0.5) is 0 Å². The molecule has 1 aliphatic heterocycles. The van der Waals surface area contributed by atoms with Gasteiger partial charge in [0, 0.05) is 24.9 Å². The topological polar surface area (TPSA) is 29.3 Å². The minimum atomic E-state index is 0.628. The van der Waals surface area contributed by atoms with Crippen molar-refractivity contribution in [2.45, 2.75) is 25.8 Å². The summed E-state index contributed by atoms with van der Waals surface area (Å²) in [6.07, 6.45) is 2.53. The lowest BCUT2D eigenvalue weighted by atomic mass is 10.2. The third-order valence-electron chi connectivity index (χ3n) is 2.52. The van der Waals surface area contributed by atoms with Crippen molar-refractivity contribution in [1.82, 2.24) is 4.90 Å². The van der Waals surface area contributed by atoms with Gasteiger partial charge >= 0.3 is 0 Å². The van der Waals surface area contributed by atoms with Crippen LogP contribution in [0.2, 0.25) is 0 Å². The van der Waals surface area contributed by atoms with Gasteiger partial charge in [0.15, 0.2) is 0 Å². The molecule has 0 aromatic carbocycles. The fourth-order valence-electron chi connectivity index (χ4n) is 1.70. The van der Waals surface area contributed by atoms with E-state index < -0.39 is 0 Å². The highest BCUT2D eigenvalue weighted by molar-refractivity contribution is 7.99. The van der Waals surface area contributed by atoms with Crippen molar-refractivity contribution in [3.63, 3.8) is 0 Å². The second-order valence-electron chi connectivity index (χ2n) is 3.30. The van der Waals surface area contributed by atoms with Crippen molar-refractivity contribution in [3.8, 4) is 0 Å². The summed E-state index contributed by atoms with van der Waals surface area (Å²) in [6.45, 7) is 5.54. The number of hydrogen-bond acceptors (Lipinski definition) is 3. The predicted octanol–water partition coefficient (Wildman–Crippen LogP) is 1.16. The van der Waals surface area contributed by atoms with Crippen LogP contribution in [0, 0.1) is 0 Å². The molecule has 0 bridgehead atoms. The molecule has 0 amide bonds. The summed E-state index contributed by atoms with van der Waals surface area (Å²) in [5.74, 6) is 2.62. The summed E-state index contributed by atoms with van der Waals surface area (Å²) in [7, 11) is 0. The zero-order valence-corrected chi connectivity index (χ0v) is 8.78. The molecule has 1 fully saturated rings. The van der Waals surface area contributed by atoms with Crippen LogP contribution < -0.4 is 5.73 Å². The molecule has 0 radical (unpaired) electrons. The lowest BCUT2D eigenvalue weighted by Crippen LogP contribution is -2.41. The number of rotatable bonds is 3. The molecule has 2 N–H and O–H groups in total. The van der Waals surface area contributed by atoms with Gasteiger partial charge in [-0.05, 0) is 25.1 Å². The molecule has 1 aliphatic rings. The first-order valence-electron chi connectivity index (χ1n) is 4.90. The zero-order valence-electron chi connectivity index (χ0n) is 7.96. The molecule has 3 heteroatoms. The highest BCUT2D eigenvalue weighted by atomic mass is 32.2. The molecule has 1 rings (SSSR count). The van der Waals surface area contributed by atoms with E-state index in [1.54, 1.807) is 0 Å². The van der Waals surface area contributed by atoms with E-state index in [2.05, 4.69) is 23.6 Å². The standard InChI is InChI=1S/C9H20N2S/c1-2-9(8-10)11-4-3-6-12-7-5-11/h9H,2-8,10H2,1H3. The third-order valence-corrected chi connectivity index (χ3v) is 3.57. The van der Waals surface area contributed by atoms with Crippen LogP contribution in [0.15, 0.2) is 0 Å². The first kappa shape index (κ1) is 10.4. The molecule has 72 valence electrons. The number of thioether (sulfide) groups is 1. The summed E-state index contributed by atoms with van der Waals surface area (Å²) in [4.78, 5) is 2.56. The van der Waals surface area contributed by atoms with Gasteiger partial charge in [0.25, 0.3) is 0 Å². The quantitative estimate of drug-likeness (QED) is 0.721. The van der Waals surface area contributed by atoms with Gasteiger partial charge < -0.3 is 5.73 Å². The van der Waals surface area contributed by atoms with Crippen molar-refractivity contribution in [1.29, 1.82) is 0 Å². The first-order chi connectivity index (χ1) is 5.88. The average Bonchev–Trinajstić information content (AvgIpc) is 2.35. The van der Waals surface area contributed by atoms with Gasteiger partial charge in [-0.1, -0.05) is 6.92 Å². The SMILES string of the molecule is CCC(CN)N1CCCSCC1. The summed E-state index contributed by atoms with van der Waals surface area (Å²) >= 11 is 2.08. The van der Waals surface area contributed by atoms with Crippen molar-refractivity contribution in [2.24, 2.45) is 5.73 Å². The van der Waals surface area contributed by atoms with Crippen LogP contribution in [0.25, 0.3) is 0 Å². The second-order valence-corrected chi connectivity index (χ2v) is 4.52. The Balaban J connectivity index is 2.35. The predicted molar refractivity (Wildman–Crippen MR) is 56.6 cm³/mol. The Morgan fingerprint density at radius 3 is 2.92 bits per heavy atom. The highest BCUT2D eigenvalue weighted by Gasteiger charge is 2.16.